The normalized spacial score (nSPS) is 52.2. The van der Waals surface area contributed by atoms with Crippen LogP contribution >= 0.6 is 0 Å². The fourth-order valence-electron chi connectivity index (χ4n) is 13.4. The number of aliphatic hydroxyl groups excluding tert-OH is 2. The lowest BCUT2D eigenvalue weighted by Gasteiger charge is -2.60. The molecule has 6 heteroatoms. The van der Waals surface area contributed by atoms with E-state index in [0.717, 1.165) is 32.1 Å². The van der Waals surface area contributed by atoms with Crippen molar-refractivity contribution in [1.82, 2.24) is 0 Å². The molecule has 2 N–H and O–H groups in total. The number of hydrogen-bond acceptors (Lipinski definition) is 6. The summed E-state index contributed by atoms with van der Waals surface area (Å²) in [5, 5.41) is 22.0. The van der Waals surface area contributed by atoms with Gasteiger partial charge in [-0.15, -0.1) is 0 Å². The van der Waals surface area contributed by atoms with Crippen LogP contribution in [-0.4, -0.2) is 45.6 Å². The Bertz CT molecular complexity index is 1460. The van der Waals surface area contributed by atoms with Crippen LogP contribution < -0.4 is 0 Å². The summed E-state index contributed by atoms with van der Waals surface area (Å²) in [4.78, 5) is 48.7. The van der Waals surface area contributed by atoms with Crippen molar-refractivity contribution in [2.45, 2.75) is 118 Å². The Kier molecular flexibility index (Phi) is 7.50. The zero-order valence-electron chi connectivity index (χ0n) is 28.7. The van der Waals surface area contributed by atoms with Crippen molar-refractivity contribution in [3.05, 3.63) is 35.5 Å². The molecule has 6 fully saturated rings. The van der Waals surface area contributed by atoms with Gasteiger partial charge in [0.1, 0.15) is 11.6 Å². The first-order valence-corrected chi connectivity index (χ1v) is 18.2. The highest BCUT2D eigenvalue weighted by Gasteiger charge is 2.64. The molecule has 0 unspecified atom stereocenters. The topological polar surface area (TPSA) is 109 Å². The largest absolute Gasteiger partial charge is 0.393 e. The lowest BCUT2D eigenvalue weighted by molar-refractivity contribution is -0.149. The van der Waals surface area contributed by atoms with Crippen LogP contribution in [0.3, 0.4) is 0 Å². The Morgan fingerprint density at radius 2 is 1.20 bits per heavy atom. The van der Waals surface area contributed by atoms with Gasteiger partial charge in [0.15, 0.2) is 11.6 Å². The molecule has 0 aliphatic heterocycles. The van der Waals surface area contributed by atoms with Crippen LogP contribution in [0.1, 0.15) is 106 Å². The van der Waals surface area contributed by atoms with Gasteiger partial charge in [0.2, 0.25) is 0 Å². The van der Waals surface area contributed by atoms with E-state index < -0.39 is 12.2 Å². The number of Topliss-reactive ketones (excluding diaryl/α,β-unsaturated/α-hetero) is 2. The van der Waals surface area contributed by atoms with E-state index in [1.54, 1.807) is 12.2 Å². The molecule has 0 bridgehead atoms. The SMILES string of the molecule is C[C@H]1C[C@@H]2[C@H]([C@@H](O)C[C@]3(C)C(=O)CC[C@@H]23)[C@@]2(C)C=CC(=O)C=C12.C[C@H]1C[C@@H]2[C@H]([C@@H](O)C[C@]3(C)C(=O)CC[C@@H]23)[C@@]2(C)CCC(=O)C=C12. The molecule has 0 heterocycles. The fourth-order valence-corrected chi connectivity index (χ4v) is 13.4. The first kappa shape index (κ1) is 32.4. The van der Waals surface area contributed by atoms with Crippen LogP contribution in [0, 0.1) is 69.0 Å². The maximum absolute atomic E-state index is 12.5. The van der Waals surface area contributed by atoms with E-state index in [2.05, 4.69) is 41.5 Å². The van der Waals surface area contributed by atoms with Gasteiger partial charge in [0.25, 0.3) is 0 Å². The number of fused-ring (bicyclic) bond motifs is 10. The zero-order chi connectivity index (χ0) is 33.1. The van der Waals surface area contributed by atoms with Gasteiger partial charge in [0.05, 0.1) is 12.2 Å². The van der Waals surface area contributed by atoms with Gasteiger partial charge in [-0.3, -0.25) is 19.2 Å². The molecular formula is C40H54O6. The van der Waals surface area contributed by atoms with Crippen LogP contribution in [0.15, 0.2) is 35.5 Å². The van der Waals surface area contributed by atoms with E-state index in [-0.39, 0.29) is 45.1 Å². The molecule has 0 spiro atoms. The highest BCUT2D eigenvalue weighted by Crippen LogP contribution is 2.66. The van der Waals surface area contributed by atoms with Crippen LogP contribution in [0.4, 0.5) is 0 Å². The third kappa shape index (κ3) is 4.40. The smallest absolute Gasteiger partial charge is 0.178 e. The van der Waals surface area contributed by atoms with Crippen molar-refractivity contribution in [1.29, 1.82) is 0 Å². The Morgan fingerprint density at radius 1 is 0.674 bits per heavy atom. The molecule has 250 valence electrons. The van der Waals surface area contributed by atoms with Gasteiger partial charge >= 0.3 is 0 Å². The summed E-state index contributed by atoms with van der Waals surface area (Å²) < 4.78 is 0. The van der Waals surface area contributed by atoms with Gasteiger partial charge < -0.3 is 10.2 Å². The number of carbonyl (C=O) groups excluding carboxylic acids is 4. The number of rotatable bonds is 0. The molecular weight excluding hydrogens is 576 g/mol. The van der Waals surface area contributed by atoms with E-state index >= 15 is 0 Å². The van der Waals surface area contributed by atoms with Gasteiger partial charge in [-0.05, 0) is 110 Å². The quantitative estimate of drug-likeness (QED) is 0.321. The maximum Gasteiger partial charge on any atom is 0.178 e. The highest BCUT2D eigenvalue weighted by atomic mass is 16.3. The van der Waals surface area contributed by atoms with Crippen molar-refractivity contribution in [3.8, 4) is 0 Å². The number of carbonyl (C=O) groups is 4. The van der Waals surface area contributed by atoms with Crippen LogP contribution in [0.2, 0.25) is 0 Å². The predicted molar refractivity (Wildman–Crippen MR) is 175 cm³/mol. The Morgan fingerprint density at radius 3 is 1.78 bits per heavy atom. The van der Waals surface area contributed by atoms with Crippen molar-refractivity contribution in [2.75, 3.05) is 0 Å². The second kappa shape index (κ2) is 10.7. The molecule has 0 aromatic rings. The molecule has 0 amide bonds. The summed E-state index contributed by atoms with van der Waals surface area (Å²) in [7, 11) is 0. The third-order valence-corrected chi connectivity index (χ3v) is 15.4. The maximum atomic E-state index is 12.5. The van der Waals surface area contributed by atoms with Crippen molar-refractivity contribution in [3.63, 3.8) is 0 Å². The van der Waals surface area contributed by atoms with Crippen LogP contribution in [0.5, 0.6) is 0 Å². The number of allylic oxidation sites excluding steroid dienone is 5. The van der Waals surface area contributed by atoms with E-state index in [1.807, 2.05) is 12.2 Å². The average molecular weight is 631 g/mol. The van der Waals surface area contributed by atoms with E-state index in [1.165, 1.54) is 11.1 Å². The molecule has 8 aliphatic rings. The minimum atomic E-state index is -0.470. The molecule has 8 aliphatic carbocycles. The lowest BCUT2D eigenvalue weighted by atomic mass is 9.45. The van der Waals surface area contributed by atoms with Gasteiger partial charge in [-0.25, -0.2) is 0 Å². The number of ketones is 4. The summed E-state index contributed by atoms with van der Waals surface area (Å²) in [6.45, 7) is 13.0. The molecule has 0 saturated heterocycles. The van der Waals surface area contributed by atoms with Gasteiger partial charge in [0, 0.05) is 41.4 Å². The summed E-state index contributed by atoms with van der Waals surface area (Å²) in [5.41, 5.74) is 1.47. The van der Waals surface area contributed by atoms with Crippen molar-refractivity contribution in [2.24, 2.45) is 69.0 Å². The summed E-state index contributed by atoms with van der Waals surface area (Å²) >= 11 is 0. The third-order valence-electron chi connectivity index (χ3n) is 15.4. The van der Waals surface area contributed by atoms with Crippen LogP contribution in [0.25, 0.3) is 0 Å². The molecule has 8 rings (SSSR count). The number of hydrogen-bond donors (Lipinski definition) is 2. The minimum Gasteiger partial charge on any atom is -0.393 e. The number of aliphatic hydroxyl groups is 2. The molecule has 0 aromatic heterocycles. The highest BCUT2D eigenvalue weighted by molar-refractivity contribution is 6.01. The first-order valence-electron chi connectivity index (χ1n) is 18.2. The fraction of sp³-hybridized carbons (Fsp3) is 0.750. The minimum absolute atomic E-state index is 0.0638. The Hall–Kier alpha value is -2.18. The summed E-state index contributed by atoms with van der Waals surface area (Å²) in [6.07, 6.45) is 14.4. The van der Waals surface area contributed by atoms with E-state index in [9.17, 15) is 29.4 Å². The molecule has 46 heavy (non-hydrogen) atoms. The Labute approximate surface area is 274 Å². The zero-order valence-corrected chi connectivity index (χ0v) is 28.7. The van der Waals surface area contributed by atoms with Gasteiger partial charge in [-0.1, -0.05) is 58.8 Å². The molecule has 0 radical (unpaired) electrons. The van der Waals surface area contributed by atoms with Crippen LogP contribution in [-0.2, 0) is 19.2 Å². The standard InChI is InChI=1S/C20H28O3.C20H26O3/c2*1-11-8-13-14-4-5-17(23)20(14,3)10-16(22)18(13)19(2)7-6-12(21)9-15(11)19/h9,11,13-14,16,18,22H,4-8,10H2,1-3H3;6-7,9,11,13-14,16,18,22H,4-5,8,10H2,1-3H3/t2*11-,13-,14-,16-,18+,19-,20-/m00/s1. The molecule has 6 saturated carbocycles. The second-order valence-electron chi connectivity index (χ2n) is 17.8. The summed E-state index contributed by atoms with van der Waals surface area (Å²) in [5.74, 6) is 3.65. The summed E-state index contributed by atoms with van der Waals surface area (Å²) in [6, 6.07) is 0. The van der Waals surface area contributed by atoms with E-state index in [4.69, 9.17) is 0 Å². The average Bonchev–Trinajstić information content (AvgIpc) is 3.44. The monoisotopic (exact) mass is 630 g/mol. The molecule has 14 atom stereocenters. The Balaban J connectivity index is 0.000000147. The van der Waals surface area contributed by atoms with Gasteiger partial charge in [-0.2, -0.15) is 0 Å². The molecule has 6 nitrogen and oxygen atoms in total. The first-order chi connectivity index (χ1) is 21.5. The second-order valence-corrected chi connectivity index (χ2v) is 17.8. The van der Waals surface area contributed by atoms with E-state index in [0.29, 0.717) is 79.2 Å². The van der Waals surface area contributed by atoms with Crippen molar-refractivity contribution >= 4 is 23.1 Å². The molecule has 0 aromatic carbocycles. The van der Waals surface area contributed by atoms with Crippen molar-refractivity contribution < 1.29 is 29.4 Å². The predicted octanol–water partition coefficient (Wildman–Crippen LogP) is 6.38. The lowest BCUT2D eigenvalue weighted by Crippen LogP contribution is -2.58.